The molecular weight excluding hydrogens is 463 g/mol. The molecule has 2 aliphatic rings. The number of carboxylic acids is 1. The molecule has 1 atom stereocenters. The number of nitrogens with one attached hydrogen (secondary N) is 1. The number of pyridine rings is 1. The van der Waals surface area contributed by atoms with E-state index in [-0.39, 0.29) is 5.25 Å². The minimum atomic E-state index is -5.08. The fraction of sp³-hybridized carbons (Fsp3) is 0.550. The lowest BCUT2D eigenvalue weighted by Gasteiger charge is -2.24. The van der Waals surface area contributed by atoms with Crippen molar-refractivity contribution in [2.24, 2.45) is 5.92 Å². The number of carboxylic acid groups (broad SMARTS) is 1. The first kappa shape index (κ1) is 25.1. The summed E-state index contributed by atoms with van der Waals surface area (Å²) in [5.74, 6) is -2.40. The zero-order valence-electron chi connectivity index (χ0n) is 17.8. The lowest BCUT2D eigenvalue weighted by molar-refractivity contribution is -0.192. The van der Waals surface area contributed by atoms with Gasteiger partial charge in [-0.25, -0.2) is 17.9 Å². The number of alkyl halides is 3. The fourth-order valence-electron chi connectivity index (χ4n) is 3.57. The fourth-order valence-corrected chi connectivity index (χ4v) is 4.97. The molecule has 0 amide bonds. The number of carbonyl (C=O) groups is 1. The van der Waals surface area contributed by atoms with Crippen LogP contribution < -0.4 is 4.72 Å². The van der Waals surface area contributed by atoms with Gasteiger partial charge >= 0.3 is 12.1 Å². The van der Waals surface area contributed by atoms with E-state index in [9.17, 15) is 21.6 Å². The van der Waals surface area contributed by atoms with Gasteiger partial charge in [-0.2, -0.15) is 18.3 Å². The lowest BCUT2D eigenvalue weighted by atomic mass is 10.1. The van der Waals surface area contributed by atoms with Crippen molar-refractivity contribution in [2.45, 2.75) is 50.3 Å². The highest BCUT2D eigenvalue weighted by Gasteiger charge is 2.38. The number of hydrogen-bond acceptors (Lipinski definition) is 6. The maximum absolute atomic E-state index is 12.0. The molecule has 13 heteroatoms. The highest BCUT2D eigenvalue weighted by molar-refractivity contribution is 7.90. The molecule has 2 aromatic heterocycles. The van der Waals surface area contributed by atoms with Crippen LogP contribution in [-0.4, -0.2) is 63.7 Å². The van der Waals surface area contributed by atoms with Crippen molar-refractivity contribution in [3.05, 3.63) is 48.0 Å². The monoisotopic (exact) mass is 489 g/mol. The summed E-state index contributed by atoms with van der Waals surface area (Å²) in [4.78, 5) is 15.5. The van der Waals surface area contributed by atoms with Gasteiger partial charge in [-0.1, -0.05) is 6.07 Å². The number of hydrogen-bond donors (Lipinski definition) is 2. The number of fused-ring (bicyclic) bond motifs is 1. The summed E-state index contributed by atoms with van der Waals surface area (Å²) in [5, 5.41) is 11.4. The first-order valence-corrected chi connectivity index (χ1v) is 12.0. The third kappa shape index (κ3) is 7.79. The van der Waals surface area contributed by atoms with Crippen LogP contribution in [0.3, 0.4) is 0 Å². The van der Waals surface area contributed by atoms with Crippen LogP contribution in [-0.2, 0) is 34.5 Å². The SMILES string of the molecule is O=C(O)C(F)(F)F.O=S(=O)(NCCC1CN(Cc2cccnc2)Cc2ccnn2C1)C1CC1. The standard InChI is InChI=1S/C18H25N5O2S.C2HF3O2/c24-26(25,18-3-4-18)21-9-5-16-12-22(11-15-2-1-7-19-10-15)14-17-6-8-20-23(17)13-16;3-2(4,5)1(6)7/h1-2,6-8,10,16,18,21H,3-5,9,11-14H2;(H,6,7). The molecule has 1 fully saturated rings. The van der Waals surface area contributed by atoms with Gasteiger partial charge in [0.15, 0.2) is 0 Å². The molecule has 1 aliphatic heterocycles. The summed E-state index contributed by atoms with van der Waals surface area (Å²) in [5.41, 5.74) is 2.39. The van der Waals surface area contributed by atoms with Crippen LogP contribution in [0.2, 0.25) is 0 Å². The van der Waals surface area contributed by atoms with Gasteiger partial charge in [0.1, 0.15) is 0 Å². The van der Waals surface area contributed by atoms with Gasteiger partial charge < -0.3 is 5.11 Å². The van der Waals surface area contributed by atoms with E-state index in [4.69, 9.17) is 9.90 Å². The zero-order chi connectivity index (χ0) is 24.1. The van der Waals surface area contributed by atoms with Crippen LogP contribution in [0.15, 0.2) is 36.8 Å². The molecule has 33 heavy (non-hydrogen) atoms. The summed E-state index contributed by atoms with van der Waals surface area (Å²) < 4.78 is 60.6. The number of aliphatic carboxylic acids is 1. The Morgan fingerprint density at radius 2 is 1.94 bits per heavy atom. The Morgan fingerprint density at radius 3 is 2.55 bits per heavy atom. The van der Waals surface area contributed by atoms with Crippen LogP contribution in [0, 0.1) is 5.92 Å². The zero-order valence-corrected chi connectivity index (χ0v) is 18.6. The summed E-state index contributed by atoms with van der Waals surface area (Å²) in [6, 6.07) is 6.12. The summed E-state index contributed by atoms with van der Waals surface area (Å²) in [7, 11) is -3.10. The van der Waals surface area contributed by atoms with Crippen LogP contribution in [0.4, 0.5) is 13.2 Å². The second-order valence-electron chi connectivity index (χ2n) is 8.13. The molecule has 9 nitrogen and oxygen atoms in total. The second kappa shape index (κ2) is 10.6. The molecule has 3 heterocycles. The maximum Gasteiger partial charge on any atom is 0.490 e. The van der Waals surface area contributed by atoms with Crippen molar-refractivity contribution in [1.82, 2.24) is 24.4 Å². The number of nitrogens with zero attached hydrogens (tertiary/aromatic N) is 4. The van der Waals surface area contributed by atoms with Crippen LogP contribution >= 0.6 is 0 Å². The molecule has 0 spiro atoms. The number of halogens is 3. The third-order valence-corrected chi connectivity index (χ3v) is 7.28. The number of sulfonamides is 1. The normalized spacial score (nSPS) is 19.2. The third-order valence-electron chi connectivity index (χ3n) is 5.33. The van der Waals surface area contributed by atoms with E-state index in [0.717, 1.165) is 45.4 Å². The molecule has 2 aromatic rings. The molecule has 0 aromatic carbocycles. The molecule has 182 valence electrons. The smallest absolute Gasteiger partial charge is 0.475 e. The highest BCUT2D eigenvalue weighted by atomic mass is 32.2. The van der Waals surface area contributed by atoms with E-state index >= 15 is 0 Å². The van der Waals surface area contributed by atoms with Gasteiger partial charge in [-0.3, -0.25) is 14.6 Å². The van der Waals surface area contributed by atoms with E-state index in [2.05, 4.69) is 36.5 Å². The molecule has 1 saturated carbocycles. The van der Waals surface area contributed by atoms with E-state index in [1.165, 1.54) is 11.3 Å². The van der Waals surface area contributed by atoms with E-state index < -0.39 is 22.2 Å². The Kier molecular flexibility index (Phi) is 8.08. The summed E-state index contributed by atoms with van der Waals surface area (Å²) in [6.45, 7) is 3.93. The van der Waals surface area contributed by atoms with Gasteiger partial charge in [0.25, 0.3) is 0 Å². The predicted molar refractivity (Wildman–Crippen MR) is 112 cm³/mol. The molecule has 4 rings (SSSR count). The van der Waals surface area contributed by atoms with E-state index in [1.807, 2.05) is 18.5 Å². The predicted octanol–water partition coefficient (Wildman–Crippen LogP) is 2.02. The molecule has 1 unspecified atom stereocenters. The minimum Gasteiger partial charge on any atom is -0.475 e. The average Bonchev–Trinajstić information content (AvgIpc) is 3.53. The van der Waals surface area contributed by atoms with Gasteiger partial charge in [0.2, 0.25) is 10.0 Å². The largest absolute Gasteiger partial charge is 0.490 e. The van der Waals surface area contributed by atoms with E-state index in [1.54, 1.807) is 6.20 Å². The lowest BCUT2D eigenvalue weighted by Crippen LogP contribution is -2.32. The molecule has 0 bridgehead atoms. The Labute approximate surface area is 189 Å². The quantitative estimate of drug-likeness (QED) is 0.611. The molecule has 2 N–H and O–H groups in total. The first-order valence-electron chi connectivity index (χ1n) is 10.4. The van der Waals surface area contributed by atoms with Crippen LogP contribution in [0.5, 0.6) is 0 Å². The Hall–Kier alpha value is -2.51. The molecule has 0 radical (unpaired) electrons. The maximum atomic E-state index is 12.0. The first-order chi connectivity index (χ1) is 15.5. The van der Waals surface area contributed by atoms with Gasteiger partial charge in [-0.15, -0.1) is 0 Å². The van der Waals surface area contributed by atoms with Crippen molar-refractivity contribution >= 4 is 16.0 Å². The Morgan fingerprint density at radius 1 is 1.21 bits per heavy atom. The van der Waals surface area contributed by atoms with Crippen molar-refractivity contribution < 1.29 is 31.5 Å². The Bertz CT molecular complexity index is 1030. The molecule has 0 saturated heterocycles. The van der Waals surface area contributed by atoms with Crippen LogP contribution in [0.25, 0.3) is 0 Å². The van der Waals surface area contributed by atoms with Crippen molar-refractivity contribution in [2.75, 3.05) is 13.1 Å². The van der Waals surface area contributed by atoms with Crippen molar-refractivity contribution in [3.8, 4) is 0 Å². The summed E-state index contributed by atoms with van der Waals surface area (Å²) in [6.07, 6.45) is 2.86. The second-order valence-corrected chi connectivity index (χ2v) is 10.2. The van der Waals surface area contributed by atoms with Crippen LogP contribution in [0.1, 0.15) is 30.5 Å². The van der Waals surface area contributed by atoms with Gasteiger partial charge in [0, 0.05) is 51.3 Å². The number of aromatic nitrogens is 3. The van der Waals surface area contributed by atoms with Gasteiger partial charge in [0.05, 0.1) is 10.9 Å². The minimum absolute atomic E-state index is 0.156. The van der Waals surface area contributed by atoms with E-state index in [0.29, 0.717) is 12.5 Å². The summed E-state index contributed by atoms with van der Waals surface area (Å²) >= 11 is 0. The van der Waals surface area contributed by atoms with Crippen molar-refractivity contribution in [1.29, 1.82) is 0 Å². The highest BCUT2D eigenvalue weighted by Crippen LogP contribution is 2.27. The van der Waals surface area contributed by atoms with Gasteiger partial charge in [-0.05, 0) is 42.9 Å². The van der Waals surface area contributed by atoms with Crippen molar-refractivity contribution in [3.63, 3.8) is 0 Å². The Balaban J connectivity index is 0.000000383. The molecular formula is C20H26F3N5O4S. The number of rotatable bonds is 7. The topological polar surface area (TPSA) is 117 Å². The molecule has 1 aliphatic carbocycles. The average molecular weight is 490 g/mol.